The minimum absolute atomic E-state index is 0.341. The smallest absolute Gasteiger partial charge is 0.339 e. The Morgan fingerprint density at radius 1 is 1.26 bits per heavy atom. The van der Waals surface area contributed by atoms with Gasteiger partial charge in [-0.2, -0.15) is 0 Å². The zero-order valence-corrected chi connectivity index (χ0v) is 11.9. The zero-order valence-electron chi connectivity index (χ0n) is 10.3. The maximum absolute atomic E-state index is 11.5. The minimum Gasteiger partial charge on any atom is -0.462 e. The Bertz CT molecular complexity index is 569. The van der Waals surface area contributed by atoms with Crippen LogP contribution in [0.25, 0.3) is 0 Å². The lowest BCUT2D eigenvalue weighted by atomic mass is 10.3. The van der Waals surface area contributed by atoms with Crippen LogP contribution >= 0.6 is 15.9 Å². The maximum Gasteiger partial charge on any atom is 0.339 e. The number of esters is 1. The average Bonchev–Trinajstić information content (AvgIpc) is 2.42. The number of ether oxygens (including phenoxy) is 2. The molecule has 0 radical (unpaired) electrons. The van der Waals surface area contributed by atoms with Gasteiger partial charge in [-0.05, 0) is 41.1 Å². The predicted octanol–water partition coefficient (Wildman–Crippen LogP) is 3.81. The molecule has 19 heavy (non-hydrogen) atoms. The molecule has 1 aromatic heterocycles. The Labute approximate surface area is 119 Å². The highest BCUT2D eigenvalue weighted by Crippen LogP contribution is 2.28. The fraction of sp³-hybridized carbons (Fsp3) is 0.143. The van der Waals surface area contributed by atoms with Crippen molar-refractivity contribution in [3.8, 4) is 11.6 Å². The molecule has 0 saturated carbocycles. The van der Waals surface area contributed by atoms with Crippen molar-refractivity contribution in [2.45, 2.75) is 6.92 Å². The summed E-state index contributed by atoms with van der Waals surface area (Å²) in [5.74, 6) is 0.696. The number of aromatic nitrogens is 1. The normalized spacial score (nSPS) is 10.0. The number of benzene rings is 1. The summed E-state index contributed by atoms with van der Waals surface area (Å²) in [7, 11) is 0. The summed E-state index contributed by atoms with van der Waals surface area (Å²) >= 11 is 3.39. The van der Waals surface area contributed by atoms with Gasteiger partial charge >= 0.3 is 5.97 Å². The van der Waals surface area contributed by atoms with Gasteiger partial charge in [0.15, 0.2) is 0 Å². The largest absolute Gasteiger partial charge is 0.462 e. The highest BCUT2D eigenvalue weighted by Gasteiger charge is 2.08. The fourth-order valence-electron chi connectivity index (χ4n) is 1.42. The monoisotopic (exact) mass is 321 g/mol. The number of carbonyl (C=O) groups excluding carboxylic acids is 1. The third-order valence-electron chi connectivity index (χ3n) is 2.30. The molecule has 5 heteroatoms. The van der Waals surface area contributed by atoms with Gasteiger partial charge in [-0.15, -0.1) is 0 Å². The van der Waals surface area contributed by atoms with Crippen LogP contribution in [0.3, 0.4) is 0 Å². The lowest BCUT2D eigenvalue weighted by molar-refractivity contribution is 0.0526. The molecule has 2 aromatic rings. The predicted molar refractivity (Wildman–Crippen MR) is 74.4 cm³/mol. The summed E-state index contributed by atoms with van der Waals surface area (Å²) in [6, 6.07) is 10.7. The second-order valence-electron chi connectivity index (χ2n) is 3.64. The van der Waals surface area contributed by atoms with E-state index in [9.17, 15) is 4.79 Å². The molecule has 2 rings (SSSR count). The molecule has 0 saturated heterocycles. The van der Waals surface area contributed by atoms with Crippen molar-refractivity contribution in [3.05, 3.63) is 52.6 Å². The number of pyridine rings is 1. The van der Waals surface area contributed by atoms with Gasteiger partial charge in [0.2, 0.25) is 5.88 Å². The van der Waals surface area contributed by atoms with Gasteiger partial charge in [-0.1, -0.05) is 12.1 Å². The molecule has 0 amide bonds. The maximum atomic E-state index is 11.5. The van der Waals surface area contributed by atoms with Crippen LogP contribution in [0.1, 0.15) is 17.3 Å². The van der Waals surface area contributed by atoms with Gasteiger partial charge in [0, 0.05) is 12.3 Å². The Morgan fingerprint density at radius 2 is 2.05 bits per heavy atom. The topological polar surface area (TPSA) is 48.4 Å². The Morgan fingerprint density at radius 3 is 2.68 bits per heavy atom. The van der Waals surface area contributed by atoms with E-state index < -0.39 is 0 Å². The van der Waals surface area contributed by atoms with Gasteiger partial charge in [0.05, 0.1) is 16.6 Å². The molecule has 4 nitrogen and oxygen atoms in total. The standard InChI is InChI=1S/C14H12BrNO3/c1-2-18-14(17)10-7-8-13(16-9-10)19-12-6-4-3-5-11(12)15/h3-9H,2H2,1H3. The van der Waals surface area contributed by atoms with E-state index in [1.165, 1.54) is 6.20 Å². The first-order chi connectivity index (χ1) is 9.20. The van der Waals surface area contributed by atoms with Crippen LogP contribution in [0.4, 0.5) is 0 Å². The second kappa shape index (κ2) is 6.33. The van der Waals surface area contributed by atoms with Crippen LogP contribution in [0.2, 0.25) is 0 Å². The third-order valence-corrected chi connectivity index (χ3v) is 2.95. The van der Waals surface area contributed by atoms with Crippen molar-refractivity contribution in [2.75, 3.05) is 6.61 Å². The van der Waals surface area contributed by atoms with Crippen LogP contribution in [0, 0.1) is 0 Å². The van der Waals surface area contributed by atoms with Crippen LogP contribution in [0.15, 0.2) is 47.1 Å². The van der Waals surface area contributed by atoms with E-state index in [2.05, 4.69) is 20.9 Å². The molecule has 0 atom stereocenters. The van der Waals surface area contributed by atoms with Gasteiger partial charge in [-0.25, -0.2) is 9.78 Å². The Kier molecular flexibility index (Phi) is 4.52. The van der Waals surface area contributed by atoms with Crippen molar-refractivity contribution < 1.29 is 14.3 Å². The number of hydrogen-bond acceptors (Lipinski definition) is 4. The van der Waals surface area contributed by atoms with Gasteiger partial charge in [0.25, 0.3) is 0 Å². The molecule has 0 aliphatic carbocycles. The second-order valence-corrected chi connectivity index (χ2v) is 4.49. The lowest BCUT2D eigenvalue weighted by Crippen LogP contribution is -2.04. The number of rotatable bonds is 4. The van der Waals surface area contributed by atoms with Crippen molar-refractivity contribution in [1.82, 2.24) is 4.98 Å². The van der Waals surface area contributed by atoms with Crippen LogP contribution in [-0.4, -0.2) is 17.6 Å². The highest BCUT2D eigenvalue weighted by atomic mass is 79.9. The fourth-order valence-corrected chi connectivity index (χ4v) is 1.78. The number of carbonyl (C=O) groups is 1. The Balaban J connectivity index is 2.11. The SMILES string of the molecule is CCOC(=O)c1ccc(Oc2ccccc2Br)nc1. The molecule has 0 fully saturated rings. The van der Waals surface area contributed by atoms with E-state index >= 15 is 0 Å². The molecule has 98 valence electrons. The molecule has 0 spiro atoms. The number of halogens is 1. The third kappa shape index (κ3) is 3.54. The van der Waals surface area contributed by atoms with E-state index in [4.69, 9.17) is 9.47 Å². The summed E-state index contributed by atoms with van der Waals surface area (Å²) < 4.78 is 11.3. The van der Waals surface area contributed by atoms with E-state index in [0.717, 1.165) is 4.47 Å². The Hall–Kier alpha value is -1.88. The first-order valence-electron chi connectivity index (χ1n) is 5.76. The van der Waals surface area contributed by atoms with Gasteiger partial charge in [0.1, 0.15) is 5.75 Å². The summed E-state index contributed by atoms with van der Waals surface area (Å²) in [5, 5.41) is 0. The lowest BCUT2D eigenvalue weighted by Gasteiger charge is -2.07. The molecular weight excluding hydrogens is 310 g/mol. The van der Waals surface area contributed by atoms with E-state index in [-0.39, 0.29) is 5.97 Å². The molecule has 0 unspecified atom stereocenters. The number of nitrogens with zero attached hydrogens (tertiary/aromatic N) is 1. The first-order valence-corrected chi connectivity index (χ1v) is 6.55. The number of hydrogen-bond donors (Lipinski definition) is 0. The molecule has 0 aliphatic heterocycles. The van der Waals surface area contributed by atoms with Gasteiger partial charge in [-0.3, -0.25) is 0 Å². The molecule has 1 aromatic carbocycles. The molecule has 0 aliphatic rings. The first kappa shape index (κ1) is 13.5. The summed E-state index contributed by atoms with van der Waals surface area (Å²) in [5.41, 5.74) is 0.404. The van der Waals surface area contributed by atoms with Crippen molar-refractivity contribution in [2.24, 2.45) is 0 Å². The minimum atomic E-state index is -0.387. The quantitative estimate of drug-likeness (QED) is 0.803. The van der Waals surface area contributed by atoms with Crippen molar-refractivity contribution in [3.63, 3.8) is 0 Å². The average molecular weight is 322 g/mol. The molecule has 1 heterocycles. The van der Waals surface area contributed by atoms with Crippen molar-refractivity contribution in [1.29, 1.82) is 0 Å². The summed E-state index contributed by atoms with van der Waals surface area (Å²) in [6.45, 7) is 2.10. The molecule has 0 bridgehead atoms. The van der Waals surface area contributed by atoms with E-state index in [1.54, 1.807) is 19.1 Å². The highest BCUT2D eigenvalue weighted by molar-refractivity contribution is 9.10. The van der Waals surface area contributed by atoms with E-state index in [0.29, 0.717) is 23.8 Å². The van der Waals surface area contributed by atoms with Crippen LogP contribution in [0.5, 0.6) is 11.6 Å². The van der Waals surface area contributed by atoms with Crippen LogP contribution in [-0.2, 0) is 4.74 Å². The van der Waals surface area contributed by atoms with E-state index in [1.807, 2.05) is 24.3 Å². The zero-order chi connectivity index (χ0) is 13.7. The molecular formula is C14H12BrNO3. The summed E-state index contributed by atoms with van der Waals surface area (Å²) in [4.78, 5) is 15.5. The van der Waals surface area contributed by atoms with Crippen LogP contribution < -0.4 is 4.74 Å². The summed E-state index contributed by atoms with van der Waals surface area (Å²) in [6.07, 6.45) is 1.43. The molecule has 0 N–H and O–H groups in total. The van der Waals surface area contributed by atoms with Crippen molar-refractivity contribution >= 4 is 21.9 Å². The number of para-hydroxylation sites is 1. The van der Waals surface area contributed by atoms with Gasteiger partial charge < -0.3 is 9.47 Å².